The molecule has 5 heteroatoms. The quantitative estimate of drug-likeness (QED) is 0.365. The highest BCUT2D eigenvalue weighted by atomic mass is 16.5. The minimum Gasteiger partial charge on any atom is -0.459 e. The van der Waals surface area contributed by atoms with Gasteiger partial charge in [-0.2, -0.15) is 4.98 Å². The molecule has 6 rings (SSSR count). The smallest absolute Gasteiger partial charge is 0.300 e. The molecule has 2 aliphatic rings. The number of nitrogens with zero attached hydrogens (tertiary/aromatic N) is 2. The van der Waals surface area contributed by atoms with Crippen molar-refractivity contribution in [3.05, 3.63) is 130 Å². The molecule has 1 saturated carbocycles. The SMILES string of the molecule is Cc1cn2c(nc1=O)O[C@H]1C[C@@H](COC(c3ccccc3)(c3ccccc3)c3ccccc3)C[C@H]12. The Morgan fingerprint density at radius 2 is 1.43 bits per heavy atom. The van der Waals surface area contributed by atoms with E-state index in [9.17, 15) is 4.79 Å². The molecule has 0 saturated heterocycles. The second kappa shape index (κ2) is 8.82. The van der Waals surface area contributed by atoms with E-state index in [4.69, 9.17) is 9.47 Å². The monoisotopic (exact) mass is 464 g/mol. The Bertz CT molecular complexity index is 1270. The largest absolute Gasteiger partial charge is 0.459 e. The van der Waals surface area contributed by atoms with Gasteiger partial charge in [-0.3, -0.25) is 9.36 Å². The summed E-state index contributed by atoms with van der Waals surface area (Å²) in [5, 5.41) is 0. The lowest BCUT2D eigenvalue weighted by Crippen LogP contribution is -2.34. The van der Waals surface area contributed by atoms with Crippen LogP contribution in [0.2, 0.25) is 0 Å². The van der Waals surface area contributed by atoms with Crippen molar-refractivity contribution in [1.82, 2.24) is 9.55 Å². The molecule has 0 N–H and O–H groups in total. The summed E-state index contributed by atoms with van der Waals surface area (Å²) in [5.74, 6) is 0.327. The Morgan fingerprint density at radius 1 is 0.886 bits per heavy atom. The third kappa shape index (κ3) is 3.76. The fourth-order valence-electron chi connectivity index (χ4n) is 5.65. The van der Waals surface area contributed by atoms with Crippen molar-refractivity contribution in [1.29, 1.82) is 0 Å². The number of hydrogen-bond donors (Lipinski definition) is 0. The summed E-state index contributed by atoms with van der Waals surface area (Å²) in [7, 11) is 0. The van der Waals surface area contributed by atoms with Crippen LogP contribution in [0.5, 0.6) is 6.01 Å². The number of aromatic nitrogens is 2. The van der Waals surface area contributed by atoms with Crippen molar-refractivity contribution >= 4 is 0 Å². The van der Waals surface area contributed by atoms with Crippen LogP contribution in [0, 0.1) is 12.8 Å². The Hall–Kier alpha value is -3.70. The van der Waals surface area contributed by atoms with Crippen LogP contribution in [0.3, 0.4) is 0 Å². The third-order valence-corrected chi connectivity index (χ3v) is 7.35. The van der Waals surface area contributed by atoms with Crippen molar-refractivity contribution in [3.8, 4) is 6.01 Å². The van der Waals surface area contributed by atoms with Gasteiger partial charge in [-0.05, 0) is 42.4 Å². The van der Waals surface area contributed by atoms with Crippen molar-refractivity contribution in [3.63, 3.8) is 0 Å². The van der Waals surface area contributed by atoms with Crippen LogP contribution < -0.4 is 10.3 Å². The van der Waals surface area contributed by atoms with E-state index in [2.05, 4.69) is 77.8 Å². The van der Waals surface area contributed by atoms with Crippen LogP contribution in [-0.4, -0.2) is 22.3 Å². The molecular weight excluding hydrogens is 436 g/mol. The number of aryl methyl sites for hydroxylation is 1. The molecule has 3 atom stereocenters. The van der Waals surface area contributed by atoms with Crippen LogP contribution in [-0.2, 0) is 10.3 Å². The molecule has 3 aromatic carbocycles. The third-order valence-electron chi connectivity index (χ3n) is 7.35. The predicted octanol–water partition coefficient (Wildman–Crippen LogP) is 5.27. The minimum absolute atomic E-state index is 0.0249. The van der Waals surface area contributed by atoms with E-state index >= 15 is 0 Å². The highest BCUT2D eigenvalue weighted by Gasteiger charge is 2.45. The molecule has 1 fully saturated rings. The van der Waals surface area contributed by atoms with E-state index in [0.717, 1.165) is 29.5 Å². The van der Waals surface area contributed by atoms with E-state index in [1.54, 1.807) is 6.92 Å². The lowest BCUT2D eigenvalue weighted by molar-refractivity contribution is -0.00932. The topological polar surface area (TPSA) is 53.4 Å². The van der Waals surface area contributed by atoms with E-state index in [-0.39, 0.29) is 17.7 Å². The van der Waals surface area contributed by atoms with Gasteiger partial charge in [0.25, 0.3) is 11.6 Å². The molecule has 35 heavy (non-hydrogen) atoms. The Balaban J connectivity index is 1.34. The van der Waals surface area contributed by atoms with Crippen molar-refractivity contribution in [2.24, 2.45) is 5.92 Å². The zero-order valence-electron chi connectivity index (χ0n) is 19.7. The Labute approximate surface area is 205 Å². The first-order valence-electron chi connectivity index (χ1n) is 12.2. The molecule has 0 radical (unpaired) electrons. The zero-order chi connectivity index (χ0) is 23.8. The van der Waals surface area contributed by atoms with Gasteiger partial charge in [0.05, 0.1) is 12.6 Å². The fraction of sp³-hybridized carbons (Fsp3) is 0.267. The second-order valence-corrected chi connectivity index (χ2v) is 9.57. The molecule has 2 heterocycles. The van der Waals surface area contributed by atoms with E-state index < -0.39 is 5.60 Å². The fourth-order valence-corrected chi connectivity index (χ4v) is 5.65. The highest BCUT2D eigenvalue weighted by Crippen LogP contribution is 2.46. The summed E-state index contributed by atoms with van der Waals surface area (Å²) < 4.78 is 15.2. The normalized spacial score (nSPS) is 20.8. The van der Waals surface area contributed by atoms with Crippen LogP contribution in [0.1, 0.15) is 41.1 Å². The summed E-state index contributed by atoms with van der Waals surface area (Å²) in [6.45, 7) is 2.40. The summed E-state index contributed by atoms with van der Waals surface area (Å²) in [6, 6.07) is 32.0. The van der Waals surface area contributed by atoms with Gasteiger partial charge >= 0.3 is 0 Å². The maximum absolute atomic E-state index is 12.0. The van der Waals surface area contributed by atoms with Gasteiger partial charge in [-0.1, -0.05) is 91.0 Å². The lowest BCUT2D eigenvalue weighted by Gasteiger charge is -2.37. The summed E-state index contributed by atoms with van der Waals surface area (Å²) in [6.07, 6.45) is 3.71. The van der Waals surface area contributed by atoms with Gasteiger partial charge in [-0.25, -0.2) is 0 Å². The number of hydrogen-bond acceptors (Lipinski definition) is 4. The first-order valence-corrected chi connectivity index (χ1v) is 12.2. The molecule has 0 bridgehead atoms. The average Bonchev–Trinajstić information content (AvgIpc) is 3.44. The molecule has 5 nitrogen and oxygen atoms in total. The summed E-state index contributed by atoms with van der Waals surface area (Å²) in [4.78, 5) is 16.1. The second-order valence-electron chi connectivity index (χ2n) is 9.57. The van der Waals surface area contributed by atoms with Crippen LogP contribution in [0.4, 0.5) is 0 Å². The molecule has 1 aliphatic carbocycles. The average molecular weight is 465 g/mol. The van der Waals surface area contributed by atoms with E-state index in [1.165, 1.54) is 0 Å². The number of benzene rings is 3. The lowest BCUT2D eigenvalue weighted by atomic mass is 9.80. The van der Waals surface area contributed by atoms with Gasteiger partial charge < -0.3 is 9.47 Å². The number of ether oxygens (including phenoxy) is 2. The van der Waals surface area contributed by atoms with Crippen molar-refractivity contribution in [2.75, 3.05) is 6.61 Å². The van der Waals surface area contributed by atoms with Gasteiger partial charge in [-0.15, -0.1) is 0 Å². The van der Waals surface area contributed by atoms with E-state index in [1.807, 2.05) is 29.0 Å². The van der Waals surface area contributed by atoms with Gasteiger partial charge in [0.15, 0.2) is 0 Å². The number of rotatable bonds is 6. The Morgan fingerprint density at radius 3 is 1.97 bits per heavy atom. The highest BCUT2D eigenvalue weighted by molar-refractivity contribution is 5.47. The van der Waals surface area contributed by atoms with Crippen molar-refractivity contribution < 1.29 is 9.47 Å². The van der Waals surface area contributed by atoms with E-state index in [0.29, 0.717) is 24.1 Å². The molecule has 4 aromatic rings. The zero-order valence-corrected chi connectivity index (χ0v) is 19.7. The molecule has 1 aromatic heterocycles. The Kier molecular flexibility index (Phi) is 5.50. The van der Waals surface area contributed by atoms with Crippen LogP contribution in [0.15, 0.2) is 102 Å². The molecule has 0 spiro atoms. The minimum atomic E-state index is -0.719. The summed E-state index contributed by atoms with van der Waals surface area (Å²) in [5.41, 5.74) is 3.03. The van der Waals surface area contributed by atoms with Gasteiger partial charge in [0.1, 0.15) is 11.7 Å². The van der Waals surface area contributed by atoms with Gasteiger partial charge in [0, 0.05) is 11.8 Å². The van der Waals surface area contributed by atoms with Gasteiger partial charge in [0.2, 0.25) is 0 Å². The molecule has 0 amide bonds. The van der Waals surface area contributed by atoms with Crippen LogP contribution >= 0.6 is 0 Å². The first kappa shape index (κ1) is 21.8. The molecule has 176 valence electrons. The number of fused-ring (bicyclic) bond motifs is 3. The van der Waals surface area contributed by atoms with Crippen LogP contribution in [0.25, 0.3) is 0 Å². The summed E-state index contributed by atoms with van der Waals surface area (Å²) >= 11 is 0. The predicted molar refractivity (Wildman–Crippen MR) is 135 cm³/mol. The maximum atomic E-state index is 12.0. The van der Waals surface area contributed by atoms with Crippen molar-refractivity contribution in [2.45, 2.75) is 37.5 Å². The molecule has 0 unspecified atom stereocenters. The standard InChI is InChI=1S/C30H28N2O3/c1-21-19-32-26-17-22(18-27(26)35-29(32)31-28(21)33)20-34-30(23-11-5-2-6-12-23,24-13-7-3-8-14-24)25-15-9-4-10-16-25/h2-16,19,22,26-27H,17-18,20H2,1H3/t22-,26+,27-/m0/s1. The maximum Gasteiger partial charge on any atom is 0.300 e. The first-order chi connectivity index (χ1) is 17.1. The molecule has 1 aliphatic heterocycles. The molecular formula is C30H28N2O3.